The van der Waals surface area contributed by atoms with E-state index in [4.69, 9.17) is 5.26 Å². The average molecular weight is 221 g/mol. The molecule has 3 aromatic rings. The molecule has 2 heterocycles. The molecule has 4 heteroatoms. The molecule has 0 aliphatic carbocycles. The molecular formula is C13H7N3O. The molecule has 0 N–H and O–H groups in total. The van der Waals surface area contributed by atoms with Gasteiger partial charge in [-0.15, -0.1) is 0 Å². The Hall–Kier alpha value is -2.67. The Morgan fingerprint density at radius 3 is 2.94 bits per heavy atom. The van der Waals surface area contributed by atoms with E-state index in [0.29, 0.717) is 22.0 Å². The van der Waals surface area contributed by atoms with Crippen LogP contribution >= 0.6 is 0 Å². The summed E-state index contributed by atoms with van der Waals surface area (Å²) in [6.45, 7) is 0. The minimum atomic E-state index is -0.104. The summed E-state index contributed by atoms with van der Waals surface area (Å²) < 4.78 is 1.55. The van der Waals surface area contributed by atoms with Gasteiger partial charge in [-0.2, -0.15) is 5.26 Å². The summed E-state index contributed by atoms with van der Waals surface area (Å²) in [6.07, 6.45) is 1.73. The van der Waals surface area contributed by atoms with Crippen LogP contribution in [0.25, 0.3) is 16.4 Å². The monoisotopic (exact) mass is 221 g/mol. The van der Waals surface area contributed by atoms with E-state index >= 15 is 0 Å². The molecule has 0 atom stereocenters. The predicted octanol–water partition coefficient (Wildman–Crippen LogP) is 0.919. The number of rotatable bonds is 0. The van der Waals surface area contributed by atoms with E-state index in [0.717, 1.165) is 0 Å². The highest BCUT2D eigenvalue weighted by molar-refractivity contribution is 5.89. The van der Waals surface area contributed by atoms with Crippen molar-refractivity contribution >= 4 is 16.4 Å². The quantitative estimate of drug-likeness (QED) is 0.419. The first kappa shape index (κ1) is 9.55. The second kappa shape index (κ2) is 3.42. The first-order chi connectivity index (χ1) is 8.29. The molecule has 0 unspecified atom stereocenters. The van der Waals surface area contributed by atoms with Gasteiger partial charge in [-0.1, -0.05) is 4.52 Å². The van der Waals surface area contributed by atoms with Crippen LogP contribution in [-0.4, -0.2) is 5.10 Å². The molecule has 80 valence electrons. The van der Waals surface area contributed by atoms with Crippen LogP contribution in [0.2, 0.25) is 0 Å². The Bertz CT molecular complexity index is 775. The second-order valence-corrected chi connectivity index (χ2v) is 3.70. The van der Waals surface area contributed by atoms with Gasteiger partial charge in [0, 0.05) is 22.6 Å². The number of nitriles is 1. The largest absolute Gasteiger partial charge is 0.867 e. The average Bonchev–Trinajstić information content (AvgIpc) is 2.39. The highest BCUT2D eigenvalue weighted by Gasteiger charge is 2.09. The molecule has 0 saturated carbocycles. The summed E-state index contributed by atoms with van der Waals surface area (Å²) in [4.78, 5) is 0. The number of pyridine rings is 1. The maximum absolute atomic E-state index is 12.2. The van der Waals surface area contributed by atoms with E-state index in [1.807, 2.05) is 12.1 Å². The summed E-state index contributed by atoms with van der Waals surface area (Å²) in [5.74, 6) is -0.104. The first-order valence-electron chi connectivity index (χ1n) is 5.11. The fourth-order valence-electron chi connectivity index (χ4n) is 1.83. The highest BCUT2D eigenvalue weighted by Crippen LogP contribution is 2.23. The van der Waals surface area contributed by atoms with Crippen molar-refractivity contribution in [2.45, 2.75) is 0 Å². The molecule has 0 saturated heterocycles. The van der Waals surface area contributed by atoms with Crippen LogP contribution in [0.4, 0.5) is 0 Å². The first-order valence-corrected chi connectivity index (χ1v) is 5.11. The zero-order chi connectivity index (χ0) is 11.8. The molecule has 1 aromatic carbocycles. The third kappa shape index (κ3) is 1.37. The van der Waals surface area contributed by atoms with Crippen LogP contribution in [0, 0.1) is 11.3 Å². The molecule has 0 aliphatic rings. The lowest BCUT2D eigenvalue weighted by Gasteiger charge is -2.07. The van der Waals surface area contributed by atoms with Gasteiger partial charge in [-0.25, -0.2) is 0 Å². The Labute approximate surface area is 97.0 Å². The van der Waals surface area contributed by atoms with Gasteiger partial charge in [-0.3, -0.25) is 0 Å². The van der Waals surface area contributed by atoms with Crippen LogP contribution < -0.4 is 9.62 Å². The summed E-state index contributed by atoms with van der Waals surface area (Å²) in [6, 6.07) is 12.3. The van der Waals surface area contributed by atoms with Crippen molar-refractivity contribution in [3.05, 3.63) is 48.2 Å². The molecule has 0 fully saturated rings. The van der Waals surface area contributed by atoms with Crippen molar-refractivity contribution in [2.75, 3.05) is 0 Å². The maximum Gasteiger partial charge on any atom is 0.231 e. The van der Waals surface area contributed by atoms with Crippen LogP contribution in [0.15, 0.2) is 42.6 Å². The Morgan fingerprint density at radius 2 is 2.12 bits per heavy atom. The minimum absolute atomic E-state index is 0.104. The zero-order valence-electron chi connectivity index (χ0n) is 8.79. The predicted molar refractivity (Wildman–Crippen MR) is 59.1 cm³/mol. The molecule has 0 aliphatic heterocycles. The van der Waals surface area contributed by atoms with Crippen LogP contribution in [0.1, 0.15) is 5.56 Å². The third-order valence-electron chi connectivity index (χ3n) is 2.66. The van der Waals surface area contributed by atoms with Gasteiger partial charge in [0.25, 0.3) is 0 Å². The van der Waals surface area contributed by atoms with Gasteiger partial charge in [-0.05, 0) is 30.0 Å². The van der Waals surface area contributed by atoms with Crippen molar-refractivity contribution < 1.29 is 9.62 Å². The molecule has 0 radical (unpaired) electrons. The second-order valence-electron chi connectivity index (χ2n) is 3.70. The van der Waals surface area contributed by atoms with Gasteiger partial charge in [0.15, 0.2) is 0 Å². The van der Waals surface area contributed by atoms with Gasteiger partial charge in [0.1, 0.15) is 5.52 Å². The third-order valence-corrected chi connectivity index (χ3v) is 2.66. The van der Waals surface area contributed by atoms with Gasteiger partial charge in [0.2, 0.25) is 11.7 Å². The zero-order valence-corrected chi connectivity index (χ0v) is 8.79. The fraction of sp³-hybridized carbons (Fsp3) is 0. The van der Waals surface area contributed by atoms with Gasteiger partial charge >= 0.3 is 0 Å². The summed E-state index contributed by atoms with van der Waals surface area (Å²) >= 11 is 0. The fourth-order valence-corrected chi connectivity index (χ4v) is 1.83. The lowest BCUT2D eigenvalue weighted by molar-refractivity contribution is -0.580. The SMILES string of the molecule is N#Cc1ccc2n[n+]3ccccc3c([O-])c2c1. The van der Waals surface area contributed by atoms with E-state index in [-0.39, 0.29) is 5.75 Å². The van der Waals surface area contributed by atoms with E-state index in [1.54, 1.807) is 41.0 Å². The van der Waals surface area contributed by atoms with E-state index in [2.05, 4.69) is 5.10 Å². The molecule has 17 heavy (non-hydrogen) atoms. The van der Waals surface area contributed by atoms with E-state index in [9.17, 15) is 5.11 Å². The number of benzene rings is 1. The van der Waals surface area contributed by atoms with Crippen LogP contribution in [-0.2, 0) is 0 Å². The maximum atomic E-state index is 12.2. The Balaban J connectivity index is 2.52. The van der Waals surface area contributed by atoms with Crippen molar-refractivity contribution in [2.24, 2.45) is 0 Å². The summed E-state index contributed by atoms with van der Waals surface area (Å²) in [5.41, 5.74) is 1.57. The molecule has 0 amide bonds. The molecular weight excluding hydrogens is 214 g/mol. The summed E-state index contributed by atoms with van der Waals surface area (Å²) in [7, 11) is 0. The van der Waals surface area contributed by atoms with Crippen molar-refractivity contribution in [3.63, 3.8) is 0 Å². The molecule has 2 aromatic heterocycles. The normalized spacial score (nSPS) is 10.5. The van der Waals surface area contributed by atoms with E-state index < -0.39 is 0 Å². The Kier molecular flexibility index (Phi) is 1.92. The topological polar surface area (TPSA) is 63.8 Å². The molecule has 0 bridgehead atoms. The standard InChI is InChI=1S/C13H7N3O/c14-8-9-4-5-11-10(7-9)13(17)12-3-1-2-6-16(12)15-11/h1-7H. The minimum Gasteiger partial charge on any atom is -0.867 e. The summed E-state index contributed by atoms with van der Waals surface area (Å²) in [5, 5.41) is 25.8. The number of fused-ring (bicyclic) bond motifs is 2. The van der Waals surface area contributed by atoms with Gasteiger partial charge in [0.05, 0.1) is 11.6 Å². The number of hydrogen-bond acceptors (Lipinski definition) is 3. The van der Waals surface area contributed by atoms with Crippen molar-refractivity contribution in [3.8, 4) is 11.8 Å². The lowest BCUT2D eigenvalue weighted by Crippen LogP contribution is -2.27. The van der Waals surface area contributed by atoms with Crippen molar-refractivity contribution in [1.29, 1.82) is 5.26 Å². The molecule has 3 rings (SSSR count). The highest BCUT2D eigenvalue weighted by atomic mass is 16.3. The number of nitrogens with zero attached hydrogens (tertiary/aromatic N) is 3. The molecule has 0 spiro atoms. The van der Waals surface area contributed by atoms with E-state index in [1.165, 1.54) is 0 Å². The Morgan fingerprint density at radius 1 is 1.24 bits per heavy atom. The lowest BCUT2D eigenvalue weighted by atomic mass is 10.1. The van der Waals surface area contributed by atoms with Crippen molar-refractivity contribution in [1.82, 2.24) is 5.10 Å². The van der Waals surface area contributed by atoms with Gasteiger partial charge < -0.3 is 5.11 Å². The number of hydrogen-bond donors (Lipinski definition) is 0. The van der Waals surface area contributed by atoms with Crippen LogP contribution in [0.3, 0.4) is 0 Å². The number of aromatic nitrogens is 2. The smallest absolute Gasteiger partial charge is 0.231 e. The molecule has 4 nitrogen and oxygen atoms in total. The van der Waals surface area contributed by atoms with Crippen LogP contribution in [0.5, 0.6) is 5.75 Å².